The van der Waals surface area contributed by atoms with E-state index in [4.69, 9.17) is 4.43 Å². The first-order chi connectivity index (χ1) is 6.38. The number of rotatable bonds is 1. The van der Waals surface area contributed by atoms with Crippen molar-refractivity contribution in [3.63, 3.8) is 0 Å². The molecule has 0 saturated heterocycles. The Labute approximate surface area is 90.0 Å². The maximum Gasteiger partial charge on any atom is 0.204 e. The number of benzene rings is 1. The summed E-state index contributed by atoms with van der Waals surface area (Å²) in [6, 6.07) is 5.28. The third kappa shape index (κ3) is 2.00. The van der Waals surface area contributed by atoms with Crippen LogP contribution in [0.2, 0.25) is 0 Å². The summed E-state index contributed by atoms with van der Waals surface area (Å²) in [4.78, 5) is 0. The molecule has 0 N–H and O–H groups in total. The molecule has 0 heterocycles. The van der Waals surface area contributed by atoms with E-state index in [1.54, 1.807) is 0 Å². The molecule has 77 valence electrons. The normalized spacial score (nSPS) is 11.8. The Morgan fingerprint density at radius 2 is 1.79 bits per heavy atom. The van der Waals surface area contributed by atoms with Crippen molar-refractivity contribution in [2.75, 3.05) is 0 Å². The predicted molar refractivity (Wildman–Crippen MR) is 64.0 cm³/mol. The minimum absolute atomic E-state index is 0.190. The van der Waals surface area contributed by atoms with Gasteiger partial charge in [0.1, 0.15) is 5.75 Å². The quantitative estimate of drug-likeness (QED) is 0.641. The Bertz CT molecular complexity index is 337. The van der Waals surface area contributed by atoms with Gasteiger partial charge in [-0.1, -0.05) is 20.8 Å². The first-order valence-corrected chi connectivity index (χ1v) is 5.76. The molecule has 1 aromatic carbocycles. The molecule has 0 atom stereocenters. The van der Waals surface area contributed by atoms with Crippen LogP contribution in [0.3, 0.4) is 0 Å². The lowest BCUT2D eigenvalue weighted by Gasteiger charge is -2.23. The second kappa shape index (κ2) is 3.77. The van der Waals surface area contributed by atoms with Gasteiger partial charge in [-0.3, -0.25) is 0 Å². The molecule has 0 aliphatic heterocycles. The van der Waals surface area contributed by atoms with Gasteiger partial charge in [-0.2, -0.15) is 0 Å². The van der Waals surface area contributed by atoms with E-state index in [0.29, 0.717) is 0 Å². The van der Waals surface area contributed by atoms with Gasteiger partial charge in [0.2, 0.25) is 10.5 Å². The van der Waals surface area contributed by atoms with E-state index in [1.807, 2.05) is 0 Å². The molecule has 1 rings (SSSR count). The van der Waals surface area contributed by atoms with Crippen LogP contribution in [0.25, 0.3) is 0 Å². The maximum absolute atomic E-state index is 5.38. The van der Waals surface area contributed by atoms with Gasteiger partial charge in [-0.05, 0) is 42.0 Å². The van der Waals surface area contributed by atoms with Crippen molar-refractivity contribution in [3.8, 4) is 5.75 Å². The van der Waals surface area contributed by atoms with Gasteiger partial charge in [-0.15, -0.1) is 0 Å². The third-order valence-corrected chi connectivity index (χ3v) is 3.08. The highest BCUT2D eigenvalue weighted by molar-refractivity contribution is 6.00. The fourth-order valence-corrected chi connectivity index (χ4v) is 2.14. The summed E-state index contributed by atoms with van der Waals surface area (Å²) in [7, 11) is 0.729. The van der Waals surface area contributed by atoms with Gasteiger partial charge in [0.05, 0.1) is 0 Å². The van der Waals surface area contributed by atoms with Gasteiger partial charge in [0, 0.05) is 6.07 Å². The van der Waals surface area contributed by atoms with Crippen LogP contribution in [0.1, 0.15) is 37.5 Å². The van der Waals surface area contributed by atoms with Crippen LogP contribution < -0.4 is 4.43 Å². The zero-order chi connectivity index (χ0) is 10.9. The van der Waals surface area contributed by atoms with E-state index in [-0.39, 0.29) is 5.41 Å². The van der Waals surface area contributed by atoms with Gasteiger partial charge < -0.3 is 4.43 Å². The summed E-state index contributed by atoms with van der Waals surface area (Å²) >= 11 is 0. The second-order valence-electron chi connectivity index (χ2n) is 4.74. The Kier molecular flexibility index (Phi) is 3.05. The molecule has 0 spiro atoms. The van der Waals surface area contributed by atoms with Crippen LogP contribution in [0.5, 0.6) is 5.75 Å². The van der Waals surface area contributed by atoms with Crippen molar-refractivity contribution in [2.24, 2.45) is 0 Å². The molecule has 1 nitrogen and oxygen atoms in total. The largest absolute Gasteiger partial charge is 0.553 e. The highest BCUT2D eigenvalue weighted by Gasteiger charge is 2.18. The Morgan fingerprint density at radius 1 is 1.21 bits per heavy atom. The zero-order valence-corrected chi connectivity index (χ0v) is 12.0. The van der Waals surface area contributed by atoms with Gasteiger partial charge in [0.25, 0.3) is 0 Å². The minimum atomic E-state index is 0.190. The smallest absolute Gasteiger partial charge is 0.204 e. The fraction of sp³-hybridized carbons (Fsp3) is 0.500. The van der Waals surface area contributed by atoms with E-state index in [1.165, 1.54) is 16.7 Å². The fourth-order valence-electron chi connectivity index (χ4n) is 1.72. The molecular formula is C12H19OSi. The van der Waals surface area contributed by atoms with E-state index >= 15 is 0 Å². The monoisotopic (exact) mass is 207 g/mol. The lowest BCUT2D eigenvalue weighted by molar-refractivity contribution is 0.575. The van der Waals surface area contributed by atoms with Crippen molar-refractivity contribution < 1.29 is 4.43 Å². The highest BCUT2D eigenvalue weighted by atomic mass is 28.2. The van der Waals surface area contributed by atoms with E-state index < -0.39 is 0 Å². The molecule has 0 aliphatic carbocycles. The van der Waals surface area contributed by atoms with E-state index in [9.17, 15) is 0 Å². The van der Waals surface area contributed by atoms with Crippen LogP contribution in [0, 0.1) is 19.9 Å². The molecule has 1 radical (unpaired) electrons. The first kappa shape index (κ1) is 11.3. The second-order valence-corrected chi connectivity index (χ2v) is 5.14. The van der Waals surface area contributed by atoms with E-state index in [2.05, 4.69) is 46.8 Å². The Morgan fingerprint density at radius 3 is 2.21 bits per heavy atom. The number of hydrogen-bond donors (Lipinski definition) is 0. The van der Waals surface area contributed by atoms with Crippen molar-refractivity contribution in [1.82, 2.24) is 0 Å². The third-order valence-electron chi connectivity index (χ3n) is 2.67. The SMILES string of the molecule is Cc1c(O[SiH3])[c]cc(C(C)(C)C)c1C. The summed E-state index contributed by atoms with van der Waals surface area (Å²) < 4.78 is 5.38. The van der Waals surface area contributed by atoms with E-state index in [0.717, 1.165) is 16.2 Å². The van der Waals surface area contributed by atoms with Crippen LogP contribution in [0.4, 0.5) is 0 Å². The zero-order valence-electron chi connectivity index (χ0n) is 9.99. The van der Waals surface area contributed by atoms with Crippen LogP contribution in [-0.2, 0) is 5.41 Å². The summed E-state index contributed by atoms with van der Waals surface area (Å²) in [5.74, 6) is 0.919. The molecule has 0 saturated carbocycles. The van der Waals surface area contributed by atoms with Gasteiger partial charge in [0.15, 0.2) is 0 Å². The van der Waals surface area contributed by atoms with Crippen LogP contribution in [0.15, 0.2) is 6.07 Å². The van der Waals surface area contributed by atoms with Crippen LogP contribution >= 0.6 is 0 Å². The van der Waals surface area contributed by atoms with Crippen molar-refractivity contribution >= 4 is 10.5 Å². The maximum atomic E-state index is 5.38. The van der Waals surface area contributed by atoms with Crippen LogP contribution in [-0.4, -0.2) is 10.5 Å². The standard InChI is InChI=1S/C12H19OSi/c1-8-9(2)11(13-14)7-6-10(8)12(3,4)5/h6H,1-5,14H3. The molecule has 0 bridgehead atoms. The summed E-state index contributed by atoms with van der Waals surface area (Å²) in [6.45, 7) is 10.9. The summed E-state index contributed by atoms with van der Waals surface area (Å²) in [5.41, 5.74) is 4.11. The molecule has 0 aromatic heterocycles. The van der Waals surface area contributed by atoms with Crippen molar-refractivity contribution in [3.05, 3.63) is 28.8 Å². The molecule has 14 heavy (non-hydrogen) atoms. The Hall–Kier alpha value is -0.763. The average molecular weight is 207 g/mol. The summed E-state index contributed by atoms with van der Waals surface area (Å²) in [5, 5.41) is 0. The molecule has 0 amide bonds. The molecule has 0 fully saturated rings. The van der Waals surface area contributed by atoms with Gasteiger partial charge >= 0.3 is 0 Å². The molecule has 1 aromatic rings. The molecule has 0 aliphatic rings. The highest BCUT2D eigenvalue weighted by Crippen LogP contribution is 2.31. The first-order valence-electron chi connectivity index (χ1n) is 4.94. The Balaban J connectivity index is 3.31. The molecule has 0 unspecified atom stereocenters. The predicted octanol–water partition coefficient (Wildman–Crippen LogP) is 2.06. The molecule has 2 heteroatoms. The topological polar surface area (TPSA) is 9.23 Å². The lowest BCUT2D eigenvalue weighted by atomic mass is 9.82. The van der Waals surface area contributed by atoms with Gasteiger partial charge in [-0.25, -0.2) is 0 Å². The minimum Gasteiger partial charge on any atom is -0.553 e. The van der Waals surface area contributed by atoms with Crippen molar-refractivity contribution in [2.45, 2.75) is 40.0 Å². The lowest BCUT2D eigenvalue weighted by Crippen LogP contribution is -2.14. The average Bonchev–Trinajstić information content (AvgIpc) is 2.07. The molecular weight excluding hydrogens is 188 g/mol. The summed E-state index contributed by atoms with van der Waals surface area (Å²) in [6.07, 6.45) is 0. The number of hydrogen-bond acceptors (Lipinski definition) is 1. The van der Waals surface area contributed by atoms with Crippen molar-refractivity contribution in [1.29, 1.82) is 0 Å².